The smallest absolute Gasteiger partial charge is 0.339 e. The highest BCUT2D eigenvalue weighted by atomic mass is 16.5. The summed E-state index contributed by atoms with van der Waals surface area (Å²) in [6.45, 7) is 4.26. The molecule has 0 aromatic carbocycles. The fraction of sp³-hybridized carbons (Fsp3) is 0.357. The maximum atomic E-state index is 11.6. The first-order valence-corrected chi connectivity index (χ1v) is 6.47. The lowest BCUT2D eigenvalue weighted by Crippen LogP contribution is -2.37. The van der Waals surface area contributed by atoms with Gasteiger partial charge >= 0.3 is 5.97 Å². The summed E-state index contributed by atoms with van der Waals surface area (Å²) in [5, 5.41) is 0.856. The number of pyridine rings is 2. The number of hydrogen-bond donors (Lipinski definition) is 0. The molecule has 0 amide bonds. The molecule has 0 bridgehead atoms. The lowest BCUT2D eigenvalue weighted by Gasteiger charge is -2.31. The first-order chi connectivity index (χ1) is 9.28. The van der Waals surface area contributed by atoms with Crippen LogP contribution >= 0.6 is 0 Å². The number of carbonyl (C=O) groups is 1. The molecule has 0 atom stereocenters. The molecular weight excluding hydrogens is 242 g/mol. The van der Waals surface area contributed by atoms with Gasteiger partial charge in [0.2, 0.25) is 0 Å². The van der Waals surface area contributed by atoms with E-state index in [1.54, 1.807) is 13.0 Å². The van der Waals surface area contributed by atoms with Gasteiger partial charge in [-0.2, -0.15) is 0 Å². The number of carbonyl (C=O) groups excluding carboxylic acids is 1. The Morgan fingerprint density at radius 3 is 2.95 bits per heavy atom. The number of nitrogens with zero attached hydrogens (tertiary/aromatic N) is 3. The zero-order valence-corrected chi connectivity index (χ0v) is 10.8. The molecule has 1 aliphatic rings. The van der Waals surface area contributed by atoms with Crippen molar-refractivity contribution in [1.29, 1.82) is 0 Å². The van der Waals surface area contributed by atoms with Crippen molar-refractivity contribution in [2.45, 2.75) is 13.3 Å². The van der Waals surface area contributed by atoms with Crippen molar-refractivity contribution < 1.29 is 9.53 Å². The number of rotatable bonds is 3. The maximum Gasteiger partial charge on any atom is 0.339 e. The average Bonchev–Trinajstić information content (AvgIpc) is 2.36. The minimum absolute atomic E-state index is 0.344. The normalized spacial score (nSPS) is 14.3. The molecule has 0 unspecified atom stereocenters. The van der Waals surface area contributed by atoms with E-state index in [-0.39, 0.29) is 5.97 Å². The van der Waals surface area contributed by atoms with Crippen molar-refractivity contribution in [3.05, 3.63) is 30.0 Å². The molecule has 0 spiro atoms. The van der Waals surface area contributed by atoms with Gasteiger partial charge in [-0.25, -0.2) is 14.8 Å². The third-order valence-corrected chi connectivity index (χ3v) is 3.22. The summed E-state index contributed by atoms with van der Waals surface area (Å²) in [6, 6.07) is 5.69. The van der Waals surface area contributed by atoms with Crippen molar-refractivity contribution >= 4 is 22.8 Å². The highest BCUT2D eigenvalue weighted by molar-refractivity contribution is 5.93. The molecule has 1 fully saturated rings. The second-order valence-corrected chi connectivity index (χ2v) is 4.50. The monoisotopic (exact) mass is 257 g/mol. The average molecular weight is 257 g/mol. The van der Waals surface area contributed by atoms with Crippen LogP contribution in [0.25, 0.3) is 11.0 Å². The number of ether oxygens (including phenoxy) is 1. The van der Waals surface area contributed by atoms with Crippen LogP contribution in [0.3, 0.4) is 0 Å². The number of hydrogen-bond acceptors (Lipinski definition) is 5. The maximum absolute atomic E-state index is 11.6. The summed E-state index contributed by atoms with van der Waals surface area (Å²) in [4.78, 5) is 22.6. The molecule has 1 aliphatic heterocycles. The van der Waals surface area contributed by atoms with E-state index in [0.717, 1.165) is 24.3 Å². The van der Waals surface area contributed by atoms with Crippen LogP contribution < -0.4 is 4.90 Å². The summed E-state index contributed by atoms with van der Waals surface area (Å²) in [7, 11) is 0. The van der Waals surface area contributed by atoms with Crippen LogP contribution in [0.1, 0.15) is 23.7 Å². The molecule has 1 saturated heterocycles. The van der Waals surface area contributed by atoms with E-state index in [1.165, 1.54) is 12.6 Å². The third kappa shape index (κ3) is 2.23. The van der Waals surface area contributed by atoms with Crippen LogP contribution in [0.2, 0.25) is 0 Å². The summed E-state index contributed by atoms with van der Waals surface area (Å²) in [5.74, 6) is 0.610. The van der Waals surface area contributed by atoms with Gasteiger partial charge in [-0.05, 0) is 31.5 Å². The fourth-order valence-electron chi connectivity index (χ4n) is 2.05. The van der Waals surface area contributed by atoms with E-state index in [4.69, 9.17) is 4.74 Å². The zero-order valence-electron chi connectivity index (χ0n) is 10.8. The quantitative estimate of drug-likeness (QED) is 0.787. The van der Waals surface area contributed by atoms with Crippen molar-refractivity contribution in [2.75, 3.05) is 24.6 Å². The van der Waals surface area contributed by atoms with Gasteiger partial charge in [-0.15, -0.1) is 0 Å². The van der Waals surface area contributed by atoms with Gasteiger partial charge in [0.05, 0.1) is 12.2 Å². The van der Waals surface area contributed by atoms with Crippen molar-refractivity contribution in [3.8, 4) is 0 Å². The number of fused-ring (bicyclic) bond motifs is 1. The Morgan fingerprint density at radius 1 is 1.42 bits per heavy atom. The minimum atomic E-state index is -0.344. The molecular formula is C14H15N3O2. The van der Waals surface area contributed by atoms with Crippen molar-refractivity contribution in [1.82, 2.24) is 9.97 Å². The highest BCUT2D eigenvalue weighted by Crippen LogP contribution is 2.21. The number of esters is 1. The second kappa shape index (κ2) is 4.84. The Balaban J connectivity index is 1.93. The molecule has 98 valence electrons. The molecule has 3 heterocycles. The van der Waals surface area contributed by atoms with E-state index < -0.39 is 0 Å². The van der Waals surface area contributed by atoms with E-state index >= 15 is 0 Å². The van der Waals surface area contributed by atoms with Crippen LogP contribution in [0.5, 0.6) is 0 Å². The van der Waals surface area contributed by atoms with E-state index in [0.29, 0.717) is 17.8 Å². The fourth-order valence-corrected chi connectivity index (χ4v) is 2.05. The van der Waals surface area contributed by atoms with Crippen LogP contribution in [0, 0.1) is 0 Å². The first-order valence-electron chi connectivity index (χ1n) is 6.47. The zero-order chi connectivity index (χ0) is 13.2. The van der Waals surface area contributed by atoms with Crippen molar-refractivity contribution in [2.24, 2.45) is 0 Å². The van der Waals surface area contributed by atoms with Gasteiger partial charge in [-0.1, -0.05) is 0 Å². The van der Waals surface area contributed by atoms with Gasteiger partial charge in [0.1, 0.15) is 5.82 Å². The van der Waals surface area contributed by atoms with Gasteiger partial charge in [0, 0.05) is 24.7 Å². The topological polar surface area (TPSA) is 55.3 Å². The largest absolute Gasteiger partial charge is 0.462 e. The highest BCUT2D eigenvalue weighted by Gasteiger charge is 2.16. The van der Waals surface area contributed by atoms with Gasteiger partial charge in [-0.3, -0.25) is 0 Å². The number of anilines is 1. The first kappa shape index (κ1) is 11.9. The third-order valence-electron chi connectivity index (χ3n) is 3.22. The van der Waals surface area contributed by atoms with Gasteiger partial charge < -0.3 is 9.64 Å². The molecule has 0 radical (unpaired) electrons. The summed E-state index contributed by atoms with van der Waals surface area (Å²) >= 11 is 0. The van der Waals surface area contributed by atoms with Crippen LogP contribution in [0.4, 0.5) is 5.82 Å². The molecule has 0 saturated carbocycles. The van der Waals surface area contributed by atoms with Crippen molar-refractivity contribution in [3.63, 3.8) is 0 Å². The number of aromatic nitrogens is 2. The molecule has 0 N–H and O–H groups in total. The molecule has 5 heteroatoms. The Hall–Kier alpha value is -2.17. The molecule has 0 aliphatic carbocycles. The SMILES string of the molecule is CCOC(=O)c1cnc2nc(N3CCC3)ccc2c1. The minimum Gasteiger partial charge on any atom is -0.462 e. The van der Waals surface area contributed by atoms with Crippen LogP contribution in [-0.2, 0) is 4.74 Å². The summed E-state index contributed by atoms with van der Waals surface area (Å²) < 4.78 is 4.96. The Kier molecular flexibility index (Phi) is 3.03. The van der Waals surface area contributed by atoms with Crippen LogP contribution in [0.15, 0.2) is 24.4 Å². The van der Waals surface area contributed by atoms with E-state index in [9.17, 15) is 4.79 Å². The standard InChI is InChI=1S/C14H15N3O2/c1-2-19-14(18)11-8-10-4-5-12(17-6-3-7-17)16-13(10)15-9-11/h4-5,8-9H,2-3,6-7H2,1H3. The Bertz CT molecular complexity index is 623. The Morgan fingerprint density at radius 2 is 2.26 bits per heavy atom. The molecule has 2 aromatic heterocycles. The Labute approximate surface area is 111 Å². The van der Waals surface area contributed by atoms with Crippen LogP contribution in [-0.4, -0.2) is 35.6 Å². The molecule has 19 heavy (non-hydrogen) atoms. The molecule has 2 aromatic rings. The summed E-state index contributed by atoms with van der Waals surface area (Å²) in [6.07, 6.45) is 2.74. The van der Waals surface area contributed by atoms with E-state index in [1.807, 2.05) is 12.1 Å². The molecule has 3 rings (SSSR count). The second-order valence-electron chi connectivity index (χ2n) is 4.50. The van der Waals surface area contributed by atoms with Gasteiger partial charge in [0.25, 0.3) is 0 Å². The molecule has 5 nitrogen and oxygen atoms in total. The lowest BCUT2D eigenvalue weighted by atomic mass is 10.2. The predicted octanol–water partition coefficient (Wildman–Crippen LogP) is 2.02. The predicted molar refractivity (Wildman–Crippen MR) is 72.3 cm³/mol. The lowest BCUT2D eigenvalue weighted by molar-refractivity contribution is 0.0526. The summed E-state index contributed by atoms with van der Waals surface area (Å²) in [5.41, 5.74) is 1.13. The van der Waals surface area contributed by atoms with Gasteiger partial charge in [0.15, 0.2) is 5.65 Å². The van der Waals surface area contributed by atoms with E-state index in [2.05, 4.69) is 14.9 Å².